The number of esters is 1. The van der Waals surface area contributed by atoms with Gasteiger partial charge in [-0.1, -0.05) is 37.6 Å². The van der Waals surface area contributed by atoms with Crippen LogP contribution in [0.25, 0.3) is 10.8 Å². The molecule has 0 radical (unpaired) electrons. The molecule has 2 aromatic carbocycles. The van der Waals surface area contributed by atoms with E-state index in [0.29, 0.717) is 24.5 Å². The van der Waals surface area contributed by atoms with E-state index in [9.17, 15) is 4.79 Å². The highest BCUT2D eigenvalue weighted by atomic mass is 16.6. The number of nitrogen functional groups attached to an aromatic ring is 1. The van der Waals surface area contributed by atoms with Gasteiger partial charge >= 0.3 is 5.97 Å². The molecule has 0 bridgehead atoms. The summed E-state index contributed by atoms with van der Waals surface area (Å²) in [7, 11) is 0. The van der Waals surface area contributed by atoms with Crippen molar-refractivity contribution in [3.8, 4) is 0 Å². The molecule has 0 saturated heterocycles. The summed E-state index contributed by atoms with van der Waals surface area (Å²) in [6, 6.07) is 11.3. The molecular formula is C17H21NO3. The maximum absolute atomic E-state index is 12.0. The van der Waals surface area contributed by atoms with Gasteiger partial charge in [0.15, 0.2) is 0 Å². The predicted octanol–water partition coefficient (Wildman–Crippen LogP) is 3.40. The third-order valence-electron chi connectivity index (χ3n) is 3.24. The van der Waals surface area contributed by atoms with Crippen LogP contribution < -0.4 is 5.73 Å². The van der Waals surface area contributed by atoms with Gasteiger partial charge in [-0.25, -0.2) is 4.79 Å². The first-order valence-electron chi connectivity index (χ1n) is 7.25. The predicted molar refractivity (Wildman–Crippen MR) is 84.4 cm³/mol. The van der Waals surface area contributed by atoms with Crippen molar-refractivity contribution in [1.82, 2.24) is 0 Å². The molecule has 2 N–H and O–H groups in total. The van der Waals surface area contributed by atoms with Crippen LogP contribution in [0, 0.1) is 0 Å². The van der Waals surface area contributed by atoms with Crippen molar-refractivity contribution in [2.24, 2.45) is 0 Å². The van der Waals surface area contributed by atoms with Crippen molar-refractivity contribution >= 4 is 22.4 Å². The highest BCUT2D eigenvalue weighted by Crippen LogP contribution is 2.22. The summed E-state index contributed by atoms with van der Waals surface area (Å²) in [5.74, 6) is -0.405. The summed E-state index contributed by atoms with van der Waals surface area (Å²) in [6.07, 6.45) is 2.11. The van der Waals surface area contributed by atoms with Crippen LogP contribution in [-0.2, 0) is 9.47 Å². The molecule has 2 rings (SSSR count). The number of nitrogens with two attached hydrogens (primary N) is 1. The first-order chi connectivity index (χ1) is 10.2. The average molecular weight is 287 g/mol. The SMILES string of the molecule is CCCCOCCOC(=O)c1cc2ccccc2cc1N. The van der Waals surface area contributed by atoms with E-state index in [4.69, 9.17) is 15.2 Å². The van der Waals surface area contributed by atoms with Crippen molar-refractivity contribution in [2.45, 2.75) is 19.8 Å². The van der Waals surface area contributed by atoms with Gasteiger partial charge < -0.3 is 15.2 Å². The minimum atomic E-state index is -0.405. The fourth-order valence-corrected chi connectivity index (χ4v) is 2.05. The normalized spacial score (nSPS) is 10.7. The average Bonchev–Trinajstić information content (AvgIpc) is 2.49. The Bertz CT molecular complexity index is 610. The second-order valence-corrected chi connectivity index (χ2v) is 4.89. The van der Waals surface area contributed by atoms with Crippen molar-refractivity contribution in [2.75, 3.05) is 25.6 Å². The largest absolute Gasteiger partial charge is 0.460 e. The van der Waals surface area contributed by atoms with Crippen LogP contribution in [0.2, 0.25) is 0 Å². The Labute approximate surface area is 124 Å². The van der Waals surface area contributed by atoms with E-state index >= 15 is 0 Å². The fourth-order valence-electron chi connectivity index (χ4n) is 2.05. The van der Waals surface area contributed by atoms with Gasteiger partial charge in [-0.15, -0.1) is 0 Å². The number of benzene rings is 2. The first kappa shape index (κ1) is 15.3. The molecule has 0 heterocycles. The summed E-state index contributed by atoms with van der Waals surface area (Å²) in [5.41, 5.74) is 6.77. The minimum Gasteiger partial charge on any atom is -0.460 e. The number of hydrogen-bond donors (Lipinski definition) is 1. The molecule has 0 amide bonds. The van der Waals surface area contributed by atoms with E-state index in [2.05, 4.69) is 6.92 Å². The van der Waals surface area contributed by atoms with Crippen LogP contribution in [0.1, 0.15) is 30.1 Å². The van der Waals surface area contributed by atoms with Crippen LogP contribution in [0.15, 0.2) is 36.4 Å². The second-order valence-electron chi connectivity index (χ2n) is 4.89. The summed E-state index contributed by atoms with van der Waals surface area (Å²) in [4.78, 5) is 12.0. The third kappa shape index (κ3) is 4.20. The molecule has 0 aliphatic heterocycles. The maximum atomic E-state index is 12.0. The number of rotatable bonds is 7. The van der Waals surface area contributed by atoms with Gasteiger partial charge in [0.1, 0.15) is 6.61 Å². The fraction of sp³-hybridized carbons (Fsp3) is 0.353. The molecule has 0 fully saturated rings. The van der Waals surface area contributed by atoms with Gasteiger partial charge in [-0.3, -0.25) is 0 Å². The Kier molecular flexibility index (Phi) is 5.58. The van der Waals surface area contributed by atoms with Gasteiger partial charge in [-0.2, -0.15) is 0 Å². The first-order valence-corrected chi connectivity index (χ1v) is 7.25. The molecule has 4 heteroatoms. The summed E-state index contributed by atoms with van der Waals surface area (Å²) < 4.78 is 10.5. The van der Waals surface area contributed by atoms with Gasteiger partial charge in [0.25, 0.3) is 0 Å². The molecule has 21 heavy (non-hydrogen) atoms. The quantitative estimate of drug-likeness (QED) is 0.481. The number of carbonyl (C=O) groups is 1. The molecule has 0 spiro atoms. The minimum absolute atomic E-state index is 0.245. The lowest BCUT2D eigenvalue weighted by molar-refractivity contribution is 0.0315. The molecule has 0 unspecified atom stereocenters. The van der Waals surface area contributed by atoms with Gasteiger partial charge in [0.05, 0.1) is 12.2 Å². The topological polar surface area (TPSA) is 61.5 Å². The molecule has 112 valence electrons. The summed E-state index contributed by atoms with van der Waals surface area (Å²) >= 11 is 0. The Morgan fingerprint density at radius 3 is 2.52 bits per heavy atom. The number of unbranched alkanes of at least 4 members (excludes halogenated alkanes) is 1. The number of hydrogen-bond acceptors (Lipinski definition) is 4. The van der Waals surface area contributed by atoms with Crippen molar-refractivity contribution in [1.29, 1.82) is 0 Å². The number of ether oxygens (including phenoxy) is 2. The molecular weight excluding hydrogens is 266 g/mol. The van der Waals surface area contributed by atoms with Crippen LogP contribution in [0.3, 0.4) is 0 Å². The van der Waals surface area contributed by atoms with E-state index < -0.39 is 5.97 Å². The summed E-state index contributed by atoms with van der Waals surface area (Å²) in [6.45, 7) is 3.46. The standard InChI is InChI=1S/C17H21NO3/c1-2-3-8-20-9-10-21-17(19)15-11-13-6-4-5-7-14(13)12-16(15)18/h4-7,11-12H,2-3,8-10,18H2,1H3. The zero-order valence-electron chi connectivity index (χ0n) is 12.3. The highest BCUT2D eigenvalue weighted by Gasteiger charge is 2.12. The van der Waals surface area contributed by atoms with E-state index in [1.807, 2.05) is 24.3 Å². The lowest BCUT2D eigenvalue weighted by Gasteiger charge is -2.09. The smallest absolute Gasteiger partial charge is 0.340 e. The molecule has 2 aromatic rings. The van der Waals surface area contributed by atoms with Crippen molar-refractivity contribution in [3.63, 3.8) is 0 Å². The van der Waals surface area contributed by atoms with Crippen LogP contribution in [0.5, 0.6) is 0 Å². The molecule has 0 atom stereocenters. The van der Waals surface area contributed by atoms with Crippen LogP contribution in [-0.4, -0.2) is 25.8 Å². The number of fused-ring (bicyclic) bond motifs is 1. The second kappa shape index (κ2) is 7.64. The third-order valence-corrected chi connectivity index (χ3v) is 3.24. The Morgan fingerprint density at radius 1 is 1.10 bits per heavy atom. The monoisotopic (exact) mass is 287 g/mol. The molecule has 0 aromatic heterocycles. The zero-order valence-corrected chi connectivity index (χ0v) is 12.3. The molecule has 4 nitrogen and oxygen atoms in total. The van der Waals surface area contributed by atoms with Crippen molar-refractivity contribution in [3.05, 3.63) is 42.0 Å². The molecule has 0 saturated carbocycles. The van der Waals surface area contributed by atoms with Crippen LogP contribution in [0.4, 0.5) is 5.69 Å². The summed E-state index contributed by atoms with van der Waals surface area (Å²) in [5, 5.41) is 1.98. The maximum Gasteiger partial charge on any atom is 0.340 e. The molecule has 0 aliphatic rings. The lowest BCUT2D eigenvalue weighted by atomic mass is 10.1. The van der Waals surface area contributed by atoms with Gasteiger partial charge in [0, 0.05) is 12.3 Å². The Morgan fingerprint density at radius 2 is 1.81 bits per heavy atom. The molecule has 0 aliphatic carbocycles. The van der Waals surface area contributed by atoms with E-state index in [1.165, 1.54) is 0 Å². The number of anilines is 1. The van der Waals surface area contributed by atoms with E-state index in [1.54, 1.807) is 12.1 Å². The van der Waals surface area contributed by atoms with E-state index in [-0.39, 0.29) is 6.61 Å². The van der Waals surface area contributed by atoms with E-state index in [0.717, 1.165) is 23.6 Å². The van der Waals surface area contributed by atoms with Gasteiger partial charge in [-0.05, 0) is 29.3 Å². The zero-order chi connectivity index (χ0) is 15.1. The Balaban J connectivity index is 1.94. The lowest BCUT2D eigenvalue weighted by Crippen LogP contribution is -2.13. The Hall–Kier alpha value is -2.07. The van der Waals surface area contributed by atoms with Crippen LogP contribution >= 0.6 is 0 Å². The number of carbonyl (C=O) groups excluding carboxylic acids is 1. The van der Waals surface area contributed by atoms with Gasteiger partial charge in [0.2, 0.25) is 0 Å². The highest BCUT2D eigenvalue weighted by molar-refractivity contribution is 6.01. The van der Waals surface area contributed by atoms with Crippen molar-refractivity contribution < 1.29 is 14.3 Å².